The van der Waals surface area contributed by atoms with Gasteiger partial charge in [-0.2, -0.15) is 13.2 Å². The summed E-state index contributed by atoms with van der Waals surface area (Å²) in [6, 6.07) is 3.49. The highest BCUT2D eigenvalue weighted by Crippen LogP contribution is 2.34. The third-order valence-corrected chi connectivity index (χ3v) is 3.55. The van der Waals surface area contributed by atoms with Crippen molar-refractivity contribution in [1.82, 2.24) is 9.97 Å². The number of hydrogen-bond acceptors (Lipinski definition) is 3. The van der Waals surface area contributed by atoms with E-state index in [9.17, 15) is 13.2 Å². The number of allylic oxidation sites excluding steroid dienone is 3. The van der Waals surface area contributed by atoms with Crippen molar-refractivity contribution in [2.75, 3.05) is 0 Å². The number of alkyl halides is 3. The first-order valence-electron chi connectivity index (χ1n) is 6.80. The van der Waals surface area contributed by atoms with E-state index in [2.05, 4.69) is 9.97 Å². The molecule has 0 aromatic carbocycles. The van der Waals surface area contributed by atoms with Crippen molar-refractivity contribution in [3.63, 3.8) is 0 Å². The van der Waals surface area contributed by atoms with Crippen LogP contribution in [-0.4, -0.2) is 16.1 Å². The fourth-order valence-corrected chi connectivity index (χ4v) is 2.37. The summed E-state index contributed by atoms with van der Waals surface area (Å²) in [5.41, 5.74) is 0.889. The van der Waals surface area contributed by atoms with Crippen molar-refractivity contribution in [3.05, 3.63) is 53.2 Å². The summed E-state index contributed by atoms with van der Waals surface area (Å²) in [6.45, 7) is 1.50. The Morgan fingerprint density at radius 1 is 1.09 bits per heavy atom. The lowest BCUT2D eigenvalue weighted by Gasteiger charge is -2.13. The molecule has 3 nitrogen and oxygen atoms in total. The number of fused-ring (bicyclic) bond motifs is 1. The summed E-state index contributed by atoms with van der Waals surface area (Å²) < 4.78 is 44.7. The molecule has 0 atom stereocenters. The zero-order valence-electron chi connectivity index (χ0n) is 11.8. The van der Waals surface area contributed by atoms with Crippen LogP contribution in [0.1, 0.15) is 24.8 Å². The molecule has 0 amide bonds. The second-order valence-electron chi connectivity index (χ2n) is 5.09. The fourth-order valence-electron chi connectivity index (χ4n) is 2.37. The third-order valence-electron chi connectivity index (χ3n) is 3.55. The Hall–Kier alpha value is -2.37. The van der Waals surface area contributed by atoms with Crippen LogP contribution in [0.5, 0.6) is 0 Å². The van der Waals surface area contributed by atoms with Crippen molar-refractivity contribution in [3.8, 4) is 11.5 Å². The van der Waals surface area contributed by atoms with E-state index in [1.165, 1.54) is 13.0 Å². The molecule has 114 valence electrons. The number of nitrogens with zero attached hydrogens (tertiary/aromatic N) is 2. The summed E-state index contributed by atoms with van der Waals surface area (Å²) in [7, 11) is 0. The molecule has 0 bridgehead atoms. The Morgan fingerprint density at radius 3 is 2.50 bits per heavy atom. The number of hydrogen-bond donors (Lipinski definition) is 0. The molecule has 0 spiro atoms. The van der Waals surface area contributed by atoms with Gasteiger partial charge < -0.3 is 4.42 Å². The van der Waals surface area contributed by atoms with Gasteiger partial charge >= 0.3 is 6.18 Å². The number of pyridine rings is 1. The first-order chi connectivity index (χ1) is 10.4. The highest BCUT2D eigenvalue weighted by molar-refractivity contribution is 5.59. The summed E-state index contributed by atoms with van der Waals surface area (Å²) in [5, 5.41) is 0. The highest BCUT2D eigenvalue weighted by Gasteiger charge is 2.34. The Balaban J connectivity index is 1.99. The number of aromatic nitrogens is 2. The van der Waals surface area contributed by atoms with Gasteiger partial charge in [0.05, 0.1) is 5.57 Å². The van der Waals surface area contributed by atoms with Crippen LogP contribution in [-0.2, 0) is 6.42 Å². The predicted molar refractivity (Wildman–Crippen MR) is 75.8 cm³/mol. The maximum atomic E-state index is 13.0. The molecule has 2 aromatic heterocycles. The van der Waals surface area contributed by atoms with E-state index in [1.54, 1.807) is 24.5 Å². The van der Waals surface area contributed by atoms with E-state index in [1.807, 2.05) is 0 Å². The molecule has 0 radical (unpaired) electrons. The van der Waals surface area contributed by atoms with Crippen LogP contribution in [0.4, 0.5) is 13.2 Å². The van der Waals surface area contributed by atoms with Crippen molar-refractivity contribution in [2.45, 2.75) is 25.9 Å². The van der Waals surface area contributed by atoms with Crippen LogP contribution < -0.4 is 0 Å². The molecule has 1 aliphatic carbocycles. The maximum Gasteiger partial charge on any atom is 0.416 e. The van der Waals surface area contributed by atoms with Crippen molar-refractivity contribution < 1.29 is 17.6 Å². The average Bonchev–Trinajstić information content (AvgIpc) is 2.85. The summed E-state index contributed by atoms with van der Waals surface area (Å²) in [4.78, 5) is 8.21. The lowest BCUT2D eigenvalue weighted by Crippen LogP contribution is -2.13. The SMILES string of the molecule is CC1=C(C(F)(F)F)C=Cc2nc(-c3ccncc3)oc2CC1. The topological polar surface area (TPSA) is 38.9 Å². The zero-order valence-corrected chi connectivity index (χ0v) is 11.8. The highest BCUT2D eigenvalue weighted by atomic mass is 19.4. The van der Waals surface area contributed by atoms with E-state index < -0.39 is 11.7 Å². The zero-order chi connectivity index (χ0) is 15.7. The minimum atomic E-state index is -4.35. The van der Waals surface area contributed by atoms with Gasteiger partial charge in [-0.15, -0.1) is 0 Å². The van der Waals surface area contributed by atoms with Crippen molar-refractivity contribution in [2.24, 2.45) is 0 Å². The van der Waals surface area contributed by atoms with E-state index in [-0.39, 0.29) is 6.42 Å². The van der Waals surface area contributed by atoms with Crippen LogP contribution in [0.15, 0.2) is 46.2 Å². The largest absolute Gasteiger partial charge is 0.441 e. The lowest BCUT2D eigenvalue weighted by molar-refractivity contribution is -0.0890. The molecule has 1 aliphatic rings. The molecule has 0 fully saturated rings. The molecule has 0 saturated heterocycles. The molecule has 0 saturated carbocycles. The summed E-state index contributed by atoms with van der Waals surface area (Å²) in [5.74, 6) is 0.994. The first-order valence-corrected chi connectivity index (χ1v) is 6.80. The Morgan fingerprint density at radius 2 is 1.82 bits per heavy atom. The van der Waals surface area contributed by atoms with E-state index in [4.69, 9.17) is 4.42 Å². The normalized spacial score (nSPS) is 15.5. The van der Waals surface area contributed by atoms with Crippen LogP contribution in [0.2, 0.25) is 0 Å². The fraction of sp³-hybridized carbons (Fsp3) is 0.250. The summed E-state index contributed by atoms with van der Waals surface area (Å²) in [6.07, 6.45) is 2.00. The number of halogens is 3. The standard InChI is InChI=1S/C16H13F3N2O/c1-10-2-5-14-13(4-3-12(10)16(17,18)19)21-15(22-14)11-6-8-20-9-7-11/h3-4,6-9H,2,5H2,1H3. The minimum Gasteiger partial charge on any atom is -0.441 e. The van der Waals surface area contributed by atoms with Gasteiger partial charge in [-0.05, 0) is 37.6 Å². The second kappa shape index (κ2) is 5.44. The van der Waals surface area contributed by atoms with Gasteiger partial charge in [-0.3, -0.25) is 4.98 Å². The van der Waals surface area contributed by atoms with E-state index >= 15 is 0 Å². The molecular formula is C16H13F3N2O. The van der Waals surface area contributed by atoms with Gasteiger partial charge in [-0.1, -0.05) is 5.57 Å². The molecule has 22 heavy (non-hydrogen) atoms. The van der Waals surface area contributed by atoms with Crippen LogP contribution >= 0.6 is 0 Å². The van der Waals surface area contributed by atoms with Gasteiger partial charge in [0.25, 0.3) is 0 Å². The molecule has 2 heterocycles. The number of oxazole rings is 1. The second-order valence-corrected chi connectivity index (χ2v) is 5.09. The molecule has 6 heteroatoms. The quantitative estimate of drug-likeness (QED) is 0.774. The van der Waals surface area contributed by atoms with Gasteiger partial charge in [-0.25, -0.2) is 4.98 Å². The van der Waals surface area contributed by atoms with Crippen molar-refractivity contribution in [1.29, 1.82) is 0 Å². The van der Waals surface area contributed by atoms with Crippen LogP contribution in [0.3, 0.4) is 0 Å². The van der Waals surface area contributed by atoms with Gasteiger partial charge in [0.2, 0.25) is 5.89 Å². The number of aryl methyl sites for hydroxylation is 1. The average molecular weight is 306 g/mol. The van der Waals surface area contributed by atoms with Crippen molar-refractivity contribution >= 4 is 6.08 Å². The number of rotatable bonds is 1. The molecular weight excluding hydrogens is 293 g/mol. The Bertz CT molecular complexity index is 742. The van der Waals surface area contributed by atoms with Gasteiger partial charge in [0.1, 0.15) is 11.5 Å². The predicted octanol–water partition coefficient (Wildman–Crippen LogP) is 4.57. The molecule has 0 N–H and O–H groups in total. The molecule has 0 aliphatic heterocycles. The van der Waals surface area contributed by atoms with Crippen LogP contribution in [0, 0.1) is 0 Å². The Labute approximate surface area is 125 Å². The lowest BCUT2D eigenvalue weighted by atomic mass is 9.99. The van der Waals surface area contributed by atoms with E-state index in [0.29, 0.717) is 29.3 Å². The molecule has 2 aromatic rings. The monoisotopic (exact) mass is 306 g/mol. The third kappa shape index (κ3) is 2.81. The first kappa shape index (κ1) is 14.6. The molecule has 0 unspecified atom stereocenters. The molecule has 3 rings (SSSR count). The van der Waals surface area contributed by atoms with Gasteiger partial charge in [0, 0.05) is 24.4 Å². The summed E-state index contributed by atoms with van der Waals surface area (Å²) >= 11 is 0. The minimum absolute atomic E-state index is 0.289. The maximum absolute atomic E-state index is 13.0. The Kier molecular flexibility index (Phi) is 3.60. The van der Waals surface area contributed by atoms with Gasteiger partial charge in [0.15, 0.2) is 0 Å². The van der Waals surface area contributed by atoms with Crippen LogP contribution in [0.25, 0.3) is 17.5 Å². The smallest absolute Gasteiger partial charge is 0.416 e. The van der Waals surface area contributed by atoms with E-state index in [0.717, 1.165) is 11.6 Å².